The van der Waals surface area contributed by atoms with Gasteiger partial charge in [-0.05, 0) is 55.7 Å². The van der Waals surface area contributed by atoms with E-state index in [-0.39, 0.29) is 34.5 Å². The highest BCUT2D eigenvalue weighted by atomic mass is 35.5. The van der Waals surface area contributed by atoms with Gasteiger partial charge >= 0.3 is 0 Å². The van der Waals surface area contributed by atoms with Gasteiger partial charge in [-0.1, -0.05) is 23.4 Å². The molecule has 7 nitrogen and oxygen atoms in total. The van der Waals surface area contributed by atoms with Crippen molar-refractivity contribution in [2.75, 3.05) is 5.32 Å². The van der Waals surface area contributed by atoms with E-state index in [1.54, 1.807) is 23.0 Å². The van der Waals surface area contributed by atoms with Crippen molar-refractivity contribution >= 4 is 29.2 Å². The minimum absolute atomic E-state index is 0.0201. The SMILES string of the molecule is CC(=O)N[C@H]1C[C@H](n2ncc(Cl)c2C(=O)Nc2ncc(C#Cc3ccc(F)cc3)cc2C)C1. The molecule has 2 amide bonds. The van der Waals surface area contributed by atoms with Crippen molar-refractivity contribution in [2.24, 2.45) is 0 Å². The molecular weight excluding hydrogens is 445 g/mol. The van der Waals surface area contributed by atoms with E-state index in [4.69, 9.17) is 11.6 Å². The van der Waals surface area contributed by atoms with Gasteiger partial charge in [-0.2, -0.15) is 5.10 Å². The molecule has 3 aromatic rings. The molecule has 9 heteroatoms. The summed E-state index contributed by atoms with van der Waals surface area (Å²) in [5, 5.41) is 10.2. The third-order valence-corrected chi connectivity index (χ3v) is 5.61. The number of benzene rings is 1. The van der Waals surface area contributed by atoms with Gasteiger partial charge in [0.1, 0.15) is 17.3 Å². The number of pyridine rings is 1. The monoisotopic (exact) mass is 465 g/mol. The average Bonchev–Trinajstić information content (AvgIpc) is 3.12. The fourth-order valence-electron chi connectivity index (χ4n) is 3.64. The maximum Gasteiger partial charge on any atom is 0.276 e. The zero-order chi connectivity index (χ0) is 23.5. The molecule has 0 aliphatic heterocycles. The molecule has 0 unspecified atom stereocenters. The zero-order valence-electron chi connectivity index (χ0n) is 18.0. The first-order valence-electron chi connectivity index (χ1n) is 10.4. The standard InChI is InChI=1S/C24H21ClFN5O2/c1-14-9-17(4-3-16-5-7-18(26)8-6-16)12-27-23(14)30-24(33)22-21(25)13-28-31(22)20-10-19(11-20)29-15(2)32/h5-9,12-13,19-20H,10-11H2,1-2H3,(H,29,32)(H,27,30,33)/t19-,20-. The van der Waals surface area contributed by atoms with Gasteiger partial charge in [0.2, 0.25) is 5.91 Å². The van der Waals surface area contributed by atoms with Crippen molar-refractivity contribution in [1.29, 1.82) is 0 Å². The van der Waals surface area contributed by atoms with Crippen LogP contribution in [0.2, 0.25) is 5.02 Å². The summed E-state index contributed by atoms with van der Waals surface area (Å²) in [5.41, 5.74) is 2.33. The summed E-state index contributed by atoms with van der Waals surface area (Å²) in [6.07, 6.45) is 4.35. The number of hydrogen-bond donors (Lipinski definition) is 2. The zero-order valence-corrected chi connectivity index (χ0v) is 18.8. The minimum Gasteiger partial charge on any atom is -0.353 e. The topological polar surface area (TPSA) is 88.9 Å². The number of hydrogen-bond acceptors (Lipinski definition) is 4. The average molecular weight is 466 g/mol. The first-order chi connectivity index (χ1) is 15.8. The highest BCUT2D eigenvalue weighted by Gasteiger charge is 2.34. The van der Waals surface area contributed by atoms with Crippen LogP contribution in [-0.2, 0) is 4.79 Å². The maximum absolute atomic E-state index is 13.0. The number of nitrogens with zero attached hydrogens (tertiary/aromatic N) is 3. The molecule has 0 saturated heterocycles. The van der Waals surface area contributed by atoms with Crippen molar-refractivity contribution in [3.63, 3.8) is 0 Å². The molecule has 0 spiro atoms. The second-order valence-electron chi connectivity index (χ2n) is 7.91. The smallest absolute Gasteiger partial charge is 0.276 e. The summed E-state index contributed by atoms with van der Waals surface area (Å²) >= 11 is 6.25. The number of anilines is 1. The maximum atomic E-state index is 13.0. The lowest BCUT2D eigenvalue weighted by molar-refractivity contribution is -0.120. The van der Waals surface area contributed by atoms with Gasteiger partial charge in [-0.25, -0.2) is 9.37 Å². The normalized spacial score (nSPS) is 16.8. The summed E-state index contributed by atoms with van der Waals surface area (Å²) in [6, 6.07) is 7.76. The fourth-order valence-corrected chi connectivity index (χ4v) is 3.86. The first kappa shape index (κ1) is 22.5. The Hall–Kier alpha value is -3.70. The predicted octanol–water partition coefficient (Wildman–Crippen LogP) is 3.87. The molecular formula is C24H21ClFN5O2. The van der Waals surface area contributed by atoms with Crippen LogP contribution in [0.15, 0.2) is 42.7 Å². The Morgan fingerprint density at radius 3 is 2.52 bits per heavy atom. The second kappa shape index (κ2) is 9.43. The molecule has 4 rings (SSSR count). The number of carbonyl (C=O) groups excluding carboxylic acids is 2. The number of nitrogens with one attached hydrogen (secondary N) is 2. The van der Waals surface area contributed by atoms with E-state index in [1.807, 2.05) is 13.0 Å². The molecule has 0 atom stereocenters. The molecule has 2 heterocycles. The number of amides is 2. The Balaban J connectivity index is 1.46. The summed E-state index contributed by atoms with van der Waals surface area (Å²) in [6.45, 7) is 3.29. The lowest BCUT2D eigenvalue weighted by Crippen LogP contribution is -2.45. The van der Waals surface area contributed by atoms with Crippen LogP contribution in [0.3, 0.4) is 0 Å². The van der Waals surface area contributed by atoms with Gasteiger partial charge in [-0.15, -0.1) is 0 Å². The van der Waals surface area contributed by atoms with E-state index >= 15 is 0 Å². The quantitative estimate of drug-likeness (QED) is 0.572. The van der Waals surface area contributed by atoms with E-state index in [0.717, 1.165) is 5.56 Å². The van der Waals surface area contributed by atoms with Gasteiger partial charge < -0.3 is 10.6 Å². The largest absolute Gasteiger partial charge is 0.353 e. The van der Waals surface area contributed by atoms with Crippen LogP contribution in [0.4, 0.5) is 10.2 Å². The summed E-state index contributed by atoms with van der Waals surface area (Å²) < 4.78 is 14.6. The molecule has 1 fully saturated rings. The number of aromatic nitrogens is 3. The lowest BCUT2D eigenvalue weighted by Gasteiger charge is -2.36. The van der Waals surface area contributed by atoms with E-state index in [9.17, 15) is 14.0 Å². The summed E-state index contributed by atoms with van der Waals surface area (Å²) in [5.74, 6) is 5.51. The summed E-state index contributed by atoms with van der Waals surface area (Å²) in [7, 11) is 0. The van der Waals surface area contributed by atoms with E-state index in [2.05, 4.69) is 32.6 Å². The van der Waals surface area contributed by atoms with Crippen LogP contribution >= 0.6 is 11.6 Å². The van der Waals surface area contributed by atoms with Gasteiger partial charge in [-0.3, -0.25) is 14.3 Å². The number of aryl methyl sites for hydroxylation is 1. The van der Waals surface area contributed by atoms with Gasteiger partial charge in [0.05, 0.1) is 17.3 Å². The van der Waals surface area contributed by atoms with Gasteiger partial charge in [0.15, 0.2) is 0 Å². The molecule has 1 aliphatic carbocycles. The van der Waals surface area contributed by atoms with Crippen molar-refractivity contribution in [2.45, 2.75) is 38.8 Å². The number of rotatable bonds is 4. The second-order valence-corrected chi connectivity index (χ2v) is 8.32. The number of carbonyl (C=O) groups is 2. The Morgan fingerprint density at radius 1 is 1.15 bits per heavy atom. The third kappa shape index (κ3) is 5.21. The van der Waals surface area contributed by atoms with Crippen LogP contribution in [0, 0.1) is 24.6 Å². The Morgan fingerprint density at radius 2 is 1.85 bits per heavy atom. The van der Waals surface area contributed by atoms with E-state index in [0.29, 0.717) is 29.8 Å². The van der Waals surface area contributed by atoms with E-state index in [1.165, 1.54) is 25.3 Å². The molecule has 33 heavy (non-hydrogen) atoms. The van der Waals surface area contributed by atoms with E-state index < -0.39 is 5.91 Å². The van der Waals surface area contributed by atoms with Crippen LogP contribution in [0.25, 0.3) is 0 Å². The highest BCUT2D eigenvalue weighted by molar-refractivity contribution is 6.34. The Labute approximate surface area is 195 Å². The van der Waals surface area contributed by atoms with Crippen LogP contribution < -0.4 is 10.6 Å². The predicted molar refractivity (Wildman–Crippen MR) is 122 cm³/mol. The Kier molecular flexibility index (Phi) is 6.43. The van der Waals surface area contributed by atoms with Crippen LogP contribution in [-0.4, -0.2) is 32.6 Å². The molecule has 0 bridgehead atoms. The fraction of sp³-hybridized carbons (Fsp3) is 0.250. The van der Waals surface area contributed by atoms with Crippen molar-refractivity contribution in [1.82, 2.24) is 20.1 Å². The van der Waals surface area contributed by atoms with Crippen LogP contribution in [0.5, 0.6) is 0 Å². The minimum atomic E-state index is -0.416. The molecule has 0 radical (unpaired) electrons. The summed E-state index contributed by atoms with van der Waals surface area (Å²) in [4.78, 5) is 28.5. The molecule has 1 aromatic carbocycles. The van der Waals surface area contributed by atoms with Crippen molar-refractivity contribution in [3.05, 3.63) is 75.9 Å². The van der Waals surface area contributed by atoms with Gasteiger partial charge in [0.25, 0.3) is 5.91 Å². The molecule has 2 N–H and O–H groups in total. The van der Waals surface area contributed by atoms with Crippen molar-refractivity contribution in [3.8, 4) is 11.8 Å². The molecule has 2 aromatic heterocycles. The lowest BCUT2D eigenvalue weighted by atomic mass is 9.86. The third-order valence-electron chi connectivity index (χ3n) is 5.34. The van der Waals surface area contributed by atoms with Crippen LogP contribution in [0.1, 0.15) is 53.0 Å². The van der Waals surface area contributed by atoms with Gasteiger partial charge in [0, 0.05) is 30.3 Å². The molecule has 1 aliphatic rings. The molecule has 168 valence electrons. The Bertz CT molecular complexity index is 1270. The molecule has 1 saturated carbocycles. The first-order valence-corrected chi connectivity index (χ1v) is 10.7. The number of halogens is 2. The highest BCUT2D eigenvalue weighted by Crippen LogP contribution is 2.34. The van der Waals surface area contributed by atoms with Crippen molar-refractivity contribution < 1.29 is 14.0 Å².